The monoisotopic (exact) mass is 279 g/mol. The van der Waals surface area contributed by atoms with Crippen molar-refractivity contribution >= 4 is 0 Å². The molecule has 107 valence electrons. The number of nitrogens with zero attached hydrogens (tertiary/aromatic N) is 2. The van der Waals surface area contributed by atoms with Gasteiger partial charge < -0.3 is 4.74 Å². The van der Waals surface area contributed by atoms with Gasteiger partial charge in [0.1, 0.15) is 0 Å². The quantitative estimate of drug-likeness (QED) is 0.858. The molecule has 2 heterocycles. The maximum absolute atomic E-state index is 5.54. The molecule has 1 atom stereocenters. The lowest BCUT2D eigenvalue weighted by Crippen LogP contribution is -2.16. The van der Waals surface area contributed by atoms with Crippen LogP contribution in [0.3, 0.4) is 0 Å². The van der Waals surface area contributed by atoms with E-state index in [-0.39, 0.29) is 5.92 Å². The third kappa shape index (κ3) is 2.79. The largest absolute Gasteiger partial charge is 0.376 e. The first-order valence-corrected chi connectivity index (χ1v) is 7.66. The second kappa shape index (κ2) is 5.49. The Morgan fingerprint density at radius 3 is 2.81 bits per heavy atom. The number of benzene rings is 1. The summed E-state index contributed by atoms with van der Waals surface area (Å²) in [5.41, 5.74) is 3.79. The number of hydrogen-bond acceptors (Lipinski definition) is 2. The van der Waals surface area contributed by atoms with Gasteiger partial charge in [0, 0.05) is 17.5 Å². The normalized spacial score (nSPS) is 21.6. The molecule has 1 saturated carbocycles. The van der Waals surface area contributed by atoms with Gasteiger partial charge >= 0.3 is 0 Å². The Balaban J connectivity index is 1.66. The summed E-state index contributed by atoms with van der Waals surface area (Å²) in [6.45, 7) is 2.17. The lowest BCUT2D eigenvalue weighted by Gasteiger charge is -2.18. The Morgan fingerprint density at radius 1 is 1.24 bits per heavy atom. The molecule has 2 aromatic rings. The van der Waals surface area contributed by atoms with Crippen molar-refractivity contribution in [2.45, 2.75) is 31.2 Å². The molecule has 1 fully saturated rings. The average Bonchev–Trinajstić information content (AvgIpc) is 3.31. The second-order valence-corrected chi connectivity index (χ2v) is 5.90. The molecule has 0 amide bonds. The van der Waals surface area contributed by atoms with Crippen LogP contribution in [-0.4, -0.2) is 23.0 Å². The summed E-state index contributed by atoms with van der Waals surface area (Å²) in [7, 11) is 0. The second-order valence-electron chi connectivity index (χ2n) is 5.90. The van der Waals surface area contributed by atoms with Crippen LogP contribution in [0.25, 0.3) is 0 Å². The van der Waals surface area contributed by atoms with Gasteiger partial charge in [-0.25, -0.2) is 0 Å². The van der Waals surface area contributed by atoms with E-state index in [2.05, 4.69) is 53.2 Å². The van der Waals surface area contributed by atoms with Gasteiger partial charge in [-0.15, -0.1) is 0 Å². The fraction of sp³-hybridized carbons (Fsp3) is 0.389. The molecule has 0 N–H and O–H groups in total. The minimum Gasteiger partial charge on any atom is -0.376 e. The highest BCUT2D eigenvalue weighted by Crippen LogP contribution is 2.40. The van der Waals surface area contributed by atoms with Crippen molar-refractivity contribution in [2.75, 3.05) is 13.2 Å². The third-order valence-electron chi connectivity index (χ3n) is 4.18. The molecule has 0 bridgehead atoms. The first-order chi connectivity index (χ1) is 10.4. The van der Waals surface area contributed by atoms with Gasteiger partial charge in [-0.1, -0.05) is 36.4 Å². The van der Waals surface area contributed by atoms with E-state index in [4.69, 9.17) is 9.84 Å². The van der Waals surface area contributed by atoms with E-state index >= 15 is 0 Å². The summed E-state index contributed by atoms with van der Waals surface area (Å²) in [5, 5.41) is 4.86. The number of ether oxygens (including phenoxy) is 1. The van der Waals surface area contributed by atoms with E-state index < -0.39 is 0 Å². The highest BCUT2D eigenvalue weighted by Gasteiger charge is 2.29. The smallest absolute Gasteiger partial charge is 0.0717 e. The zero-order chi connectivity index (χ0) is 14.1. The Labute approximate surface area is 125 Å². The van der Waals surface area contributed by atoms with Gasteiger partial charge in [0.05, 0.1) is 25.5 Å². The molecule has 1 aliphatic carbocycles. The van der Waals surface area contributed by atoms with E-state index in [1.165, 1.54) is 29.8 Å². The van der Waals surface area contributed by atoms with Crippen molar-refractivity contribution in [3.8, 4) is 0 Å². The predicted molar refractivity (Wildman–Crippen MR) is 81.1 cm³/mol. The maximum Gasteiger partial charge on any atom is 0.0717 e. The first-order valence-electron chi connectivity index (χ1n) is 7.66. The van der Waals surface area contributed by atoms with Gasteiger partial charge in [0.25, 0.3) is 0 Å². The molecule has 1 aliphatic heterocycles. The molecule has 1 aromatic carbocycles. The van der Waals surface area contributed by atoms with Crippen LogP contribution in [0.1, 0.15) is 41.6 Å². The molecule has 2 aliphatic rings. The van der Waals surface area contributed by atoms with Gasteiger partial charge in [-0.05, 0) is 30.5 Å². The van der Waals surface area contributed by atoms with Crippen LogP contribution in [0, 0.1) is 6.08 Å². The molecule has 1 aromatic heterocycles. The summed E-state index contributed by atoms with van der Waals surface area (Å²) in [4.78, 5) is 0. The van der Waals surface area contributed by atoms with Gasteiger partial charge in [0.2, 0.25) is 0 Å². The van der Waals surface area contributed by atoms with Crippen LogP contribution in [0.15, 0.2) is 42.5 Å². The molecule has 0 spiro atoms. The molecule has 3 nitrogen and oxygen atoms in total. The van der Waals surface area contributed by atoms with Crippen LogP contribution in [-0.2, 0) is 11.3 Å². The van der Waals surface area contributed by atoms with Gasteiger partial charge in [-0.2, -0.15) is 5.10 Å². The standard InChI is InChI=1S/C18H19N2O/c1-2-5-14(6-3-1)12-20-18(16-7-4-10-21-13-16)11-17(19-20)15-8-9-15/h1-3,5-7,11,15-16H,8-10,12-13H2. The predicted octanol–water partition coefficient (Wildman–Crippen LogP) is 3.28. The summed E-state index contributed by atoms with van der Waals surface area (Å²) in [5.74, 6) is 0.959. The van der Waals surface area contributed by atoms with Crippen molar-refractivity contribution in [3.63, 3.8) is 0 Å². The van der Waals surface area contributed by atoms with Gasteiger partial charge in [-0.3, -0.25) is 4.68 Å². The molecular weight excluding hydrogens is 260 g/mol. The van der Waals surface area contributed by atoms with Crippen molar-refractivity contribution in [1.29, 1.82) is 0 Å². The SMILES string of the molecule is [C]1=CC(c2cc(C3CC3)nn2Cc2ccccc2)COC1. The number of aromatic nitrogens is 2. The Bertz CT molecular complexity index is 640. The highest BCUT2D eigenvalue weighted by molar-refractivity contribution is 5.26. The van der Waals surface area contributed by atoms with E-state index in [0.717, 1.165) is 13.2 Å². The van der Waals surface area contributed by atoms with E-state index in [0.29, 0.717) is 12.5 Å². The van der Waals surface area contributed by atoms with Crippen molar-refractivity contribution < 1.29 is 4.74 Å². The van der Waals surface area contributed by atoms with Crippen LogP contribution in [0.4, 0.5) is 0 Å². The Morgan fingerprint density at radius 2 is 2.10 bits per heavy atom. The average molecular weight is 279 g/mol. The van der Waals surface area contributed by atoms with Crippen LogP contribution in [0.5, 0.6) is 0 Å². The van der Waals surface area contributed by atoms with Crippen molar-refractivity contribution in [1.82, 2.24) is 9.78 Å². The van der Waals surface area contributed by atoms with Crippen LogP contribution in [0.2, 0.25) is 0 Å². The van der Waals surface area contributed by atoms with Gasteiger partial charge in [0.15, 0.2) is 0 Å². The first kappa shape index (κ1) is 12.8. The molecule has 4 rings (SSSR count). The lowest BCUT2D eigenvalue weighted by molar-refractivity contribution is 0.139. The Kier molecular flexibility index (Phi) is 3.36. The van der Waals surface area contributed by atoms with E-state index in [1.807, 2.05) is 0 Å². The zero-order valence-electron chi connectivity index (χ0n) is 12.0. The number of hydrogen-bond donors (Lipinski definition) is 0. The van der Waals surface area contributed by atoms with Crippen molar-refractivity contribution in [3.05, 3.63) is 65.5 Å². The van der Waals surface area contributed by atoms with Crippen LogP contribution < -0.4 is 0 Å². The van der Waals surface area contributed by atoms with Crippen LogP contribution >= 0.6 is 0 Å². The highest BCUT2D eigenvalue weighted by atomic mass is 16.5. The lowest BCUT2D eigenvalue weighted by atomic mass is 10.0. The Hall–Kier alpha value is -1.87. The molecule has 21 heavy (non-hydrogen) atoms. The van der Waals surface area contributed by atoms with E-state index in [1.54, 1.807) is 0 Å². The number of rotatable bonds is 4. The molecular formula is C18H19N2O. The summed E-state index contributed by atoms with van der Waals surface area (Å²) in [6, 6.07) is 12.8. The fourth-order valence-electron chi connectivity index (χ4n) is 2.87. The summed E-state index contributed by atoms with van der Waals surface area (Å²) < 4.78 is 7.70. The molecule has 1 unspecified atom stereocenters. The summed E-state index contributed by atoms with van der Waals surface area (Å²) in [6.07, 6.45) is 7.89. The molecule has 0 saturated heterocycles. The van der Waals surface area contributed by atoms with E-state index in [9.17, 15) is 0 Å². The topological polar surface area (TPSA) is 27.1 Å². The third-order valence-corrected chi connectivity index (χ3v) is 4.18. The van der Waals surface area contributed by atoms with Crippen molar-refractivity contribution in [2.24, 2.45) is 0 Å². The summed E-state index contributed by atoms with van der Waals surface area (Å²) >= 11 is 0. The molecule has 3 heteroatoms. The minimum absolute atomic E-state index is 0.280. The maximum atomic E-state index is 5.54. The molecule has 1 radical (unpaired) electrons. The minimum atomic E-state index is 0.280. The fourth-order valence-corrected chi connectivity index (χ4v) is 2.87. The zero-order valence-corrected chi connectivity index (χ0v) is 12.0.